The highest BCUT2D eigenvalue weighted by Gasteiger charge is 2.19. The molecule has 9 aromatic carbocycles. The normalized spacial score (nSPS) is 11.6. The summed E-state index contributed by atoms with van der Waals surface area (Å²) in [5, 5.41) is 6.87. The largest absolute Gasteiger partial charge is 0.455 e. The van der Waals surface area contributed by atoms with Crippen molar-refractivity contribution in [1.82, 2.24) is 0 Å². The monoisotopic (exact) mass is 703 g/mol. The van der Waals surface area contributed by atoms with Gasteiger partial charge in [-0.3, -0.25) is 0 Å². The first-order chi connectivity index (χ1) is 27.3. The first kappa shape index (κ1) is 31.2. The van der Waals surface area contributed by atoms with Gasteiger partial charge in [0, 0.05) is 49.4 Å². The molecule has 2 heterocycles. The van der Waals surface area contributed by atoms with Crippen LogP contribution in [0.25, 0.3) is 88.0 Å². The molecule has 0 N–H and O–H groups in total. The summed E-state index contributed by atoms with van der Waals surface area (Å²) in [5.74, 6) is 0. The summed E-state index contributed by atoms with van der Waals surface area (Å²) >= 11 is 0. The number of nitrogens with zero attached hydrogens (tertiary/aromatic N) is 1. The number of hydrogen-bond acceptors (Lipinski definition) is 3. The van der Waals surface area contributed by atoms with E-state index in [0.29, 0.717) is 0 Å². The highest BCUT2D eigenvalue weighted by atomic mass is 16.3. The molecular weight excluding hydrogens is 671 g/mol. The Morgan fingerprint density at radius 3 is 1.42 bits per heavy atom. The lowest BCUT2D eigenvalue weighted by molar-refractivity contribution is 0.670. The van der Waals surface area contributed by atoms with Crippen LogP contribution in [0.4, 0.5) is 17.1 Å². The molecule has 0 saturated carbocycles. The molecule has 258 valence electrons. The molecule has 0 saturated heterocycles. The average Bonchev–Trinajstić information content (AvgIpc) is 3.83. The fraction of sp³-hybridized carbons (Fsp3) is 0. The maximum absolute atomic E-state index is 6.57. The van der Waals surface area contributed by atoms with Gasteiger partial charge in [0.25, 0.3) is 0 Å². The summed E-state index contributed by atoms with van der Waals surface area (Å²) in [6.07, 6.45) is 0. The van der Waals surface area contributed by atoms with Crippen molar-refractivity contribution >= 4 is 71.7 Å². The zero-order chi connectivity index (χ0) is 36.3. The molecule has 0 amide bonds. The smallest absolute Gasteiger partial charge is 0.143 e. The van der Waals surface area contributed by atoms with E-state index >= 15 is 0 Å². The Morgan fingerprint density at radius 2 is 0.782 bits per heavy atom. The van der Waals surface area contributed by atoms with Crippen LogP contribution in [0.3, 0.4) is 0 Å². The third-order valence-electron chi connectivity index (χ3n) is 10.8. The standard InChI is InChI=1S/C52H33NO2/c1-2-15-39(16-3-1)53(48-24-10-14-35-13-4-5-17-41(35)48)40-29-27-34(28-30-40)36-31-37(42-20-11-22-46-44-18-6-8-25-49(44)54-51(42)46)33-38(32-36)43-21-12-23-47-45-19-7-9-26-50(45)55-52(43)47/h1-33H. The number of rotatable bonds is 6. The molecular formula is C52H33NO2. The fourth-order valence-electron chi connectivity index (χ4n) is 8.26. The number of fused-ring (bicyclic) bond motifs is 7. The van der Waals surface area contributed by atoms with E-state index in [1.807, 2.05) is 24.3 Å². The lowest BCUT2D eigenvalue weighted by Crippen LogP contribution is -2.10. The number of para-hydroxylation sites is 5. The molecule has 0 bridgehead atoms. The van der Waals surface area contributed by atoms with Crippen molar-refractivity contribution in [2.45, 2.75) is 0 Å². The molecule has 0 fully saturated rings. The van der Waals surface area contributed by atoms with Crippen molar-refractivity contribution in [1.29, 1.82) is 0 Å². The van der Waals surface area contributed by atoms with E-state index in [-0.39, 0.29) is 0 Å². The van der Waals surface area contributed by atoms with Crippen molar-refractivity contribution in [3.8, 4) is 33.4 Å². The maximum Gasteiger partial charge on any atom is 0.143 e. The molecule has 0 aliphatic carbocycles. The van der Waals surface area contributed by atoms with Crippen molar-refractivity contribution in [3.63, 3.8) is 0 Å². The average molecular weight is 704 g/mol. The zero-order valence-electron chi connectivity index (χ0n) is 29.8. The molecule has 0 aliphatic heterocycles. The van der Waals surface area contributed by atoms with Gasteiger partial charge in [-0.05, 0) is 88.3 Å². The summed E-state index contributed by atoms with van der Waals surface area (Å²) in [6.45, 7) is 0. The van der Waals surface area contributed by atoms with Crippen LogP contribution >= 0.6 is 0 Å². The Kier molecular flexibility index (Phi) is 7.17. The van der Waals surface area contributed by atoms with E-state index in [9.17, 15) is 0 Å². The Bertz CT molecular complexity index is 3070. The summed E-state index contributed by atoms with van der Waals surface area (Å²) in [6, 6.07) is 70.9. The quantitative estimate of drug-likeness (QED) is 0.173. The SMILES string of the molecule is c1ccc(N(c2ccc(-c3cc(-c4cccc5c4oc4ccccc45)cc(-c4cccc5c4oc4ccccc45)c3)cc2)c2cccc3ccccc23)cc1. The molecule has 3 heteroatoms. The van der Waals surface area contributed by atoms with Gasteiger partial charge in [0.1, 0.15) is 22.3 Å². The summed E-state index contributed by atoms with van der Waals surface area (Å²) in [7, 11) is 0. The molecule has 55 heavy (non-hydrogen) atoms. The number of furan rings is 2. The zero-order valence-corrected chi connectivity index (χ0v) is 29.8. The van der Waals surface area contributed by atoms with Crippen molar-refractivity contribution in [2.24, 2.45) is 0 Å². The molecule has 0 atom stereocenters. The number of anilines is 3. The number of hydrogen-bond donors (Lipinski definition) is 0. The predicted octanol–water partition coefficient (Wildman–Crippen LogP) is 15.1. The van der Waals surface area contributed by atoms with E-state index in [1.54, 1.807) is 0 Å². The summed E-state index contributed by atoms with van der Waals surface area (Å²) < 4.78 is 13.1. The van der Waals surface area contributed by atoms with Crippen molar-refractivity contribution in [2.75, 3.05) is 4.90 Å². The summed E-state index contributed by atoms with van der Waals surface area (Å²) in [5.41, 5.74) is 13.4. The van der Waals surface area contributed by atoms with E-state index in [2.05, 4.69) is 181 Å². The van der Waals surface area contributed by atoms with Crippen molar-refractivity contribution in [3.05, 3.63) is 200 Å². The van der Waals surface area contributed by atoms with E-state index in [0.717, 1.165) is 94.3 Å². The third kappa shape index (κ3) is 5.20. The van der Waals surface area contributed by atoms with Crippen LogP contribution in [0.2, 0.25) is 0 Å². The predicted molar refractivity (Wildman–Crippen MR) is 229 cm³/mol. The van der Waals surface area contributed by atoms with Gasteiger partial charge < -0.3 is 13.7 Å². The van der Waals surface area contributed by atoms with Gasteiger partial charge in [-0.25, -0.2) is 0 Å². The van der Waals surface area contributed by atoms with Crippen LogP contribution in [0.1, 0.15) is 0 Å². The Labute approximate surface area is 317 Å². The minimum atomic E-state index is 0.887. The second-order valence-corrected chi connectivity index (χ2v) is 14.1. The second-order valence-electron chi connectivity index (χ2n) is 14.1. The van der Waals surface area contributed by atoms with Gasteiger partial charge in [-0.2, -0.15) is 0 Å². The van der Waals surface area contributed by atoms with E-state index < -0.39 is 0 Å². The van der Waals surface area contributed by atoms with Gasteiger partial charge in [-0.15, -0.1) is 0 Å². The molecule has 2 aromatic heterocycles. The van der Waals surface area contributed by atoms with Gasteiger partial charge in [0.2, 0.25) is 0 Å². The number of benzene rings is 9. The summed E-state index contributed by atoms with van der Waals surface area (Å²) in [4.78, 5) is 2.35. The first-order valence-corrected chi connectivity index (χ1v) is 18.7. The molecule has 0 spiro atoms. The lowest BCUT2D eigenvalue weighted by atomic mass is 9.92. The van der Waals surface area contributed by atoms with Crippen LogP contribution in [0.5, 0.6) is 0 Å². The molecule has 11 rings (SSSR count). The molecule has 0 radical (unpaired) electrons. The minimum Gasteiger partial charge on any atom is -0.455 e. The maximum atomic E-state index is 6.57. The topological polar surface area (TPSA) is 29.5 Å². The van der Waals surface area contributed by atoms with E-state index in [1.165, 1.54) is 10.8 Å². The van der Waals surface area contributed by atoms with E-state index in [4.69, 9.17) is 8.83 Å². The van der Waals surface area contributed by atoms with Gasteiger partial charge >= 0.3 is 0 Å². The van der Waals surface area contributed by atoms with Crippen LogP contribution in [0.15, 0.2) is 209 Å². The Hall–Kier alpha value is -7.36. The molecule has 3 nitrogen and oxygen atoms in total. The van der Waals surface area contributed by atoms with Crippen LogP contribution in [-0.4, -0.2) is 0 Å². The highest BCUT2D eigenvalue weighted by Crippen LogP contribution is 2.43. The Morgan fingerprint density at radius 1 is 0.309 bits per heavy atom. The van der Waals surface area contributed by atoms with Crippen LogP contribution < -0.4 is 4.90 Å². The minimum absolute atomic E-state index is 0.887. The molecule has 0 unspecified atom stereocenters. The Balaban J connectivity index is 1.10. The van der Waals surface area contributed by atoms with Crippen LogP contribution in [-0.2, 0) is 0 Å². The van der Waals surface area contributed by atoms with Gasteiger partial charge in [-0.1, -0.05) is 140 Å². The molecule has 11 aromatic rings. The van der Waals surface area contributed by atoms with Gasteiger partial charge in [0.05, 0.1) is 5.69 Å². The highest BCUT2D eigenvalue weighted by molar-refractivity contribution is 6.12. The third-order valence-corrected chi connectivity index (χ3v) is 10.8. The fourth-order valence-corrected chi connectivity index (χ4v) is 8.26. The molecule has 0 aliphatic rings. The lowest BCUT2D eigenvalue weighted by Gasteiger charge is -2.27. The van der Waals surface area contributed by atoms with Crippen LogP contribution in [0, 0.1) is 0 Å². The van der Waals surface area contributed by atoms with Crippen molar-refractivity contribution < 1.29 is 8.83 Å². The second kappa shape index (κ2) is 12.6. The van der Waals surface area contributed by atoms with Gasteiger partial charge in [0.15, 0.2) is 0 Å². The first-order valence-electron chi connectivity index (χ1n) is 18.7.